The molecule has 2 unspecified atom stereocenters. The van der Waals surface area contributed by atoms with Crippen LogP contribution in [0.4, 0.5) is 26.3 Å². The molecule has 43 heavy (non-hydrogen) atoms. The van der Waals surface area contributed by atoms with Crippen LogP contribution >= 0.6 is 23.2 Å². The van der Waals surface area contributed by atoms with E-state index in [0.717, 1.165) is 0 Å². The van der Waals surface area contributed by atoms with Gasteiger partial charge in [0.1, 0.15) is 12.7 Å². The minimum absolute atomic E-state index is 0.0558. The maximum absolute atomic E-state index is 13.3. The van der Waals surface area contributed by atoms with E-state index in [1.165, 1.54) is 7.11 Å². The molecule has 13 heteroatoms. The fraction of sp³-hybridized carbons (Fsp3) is 0.367. The number of oxime groups is 1. The van der Waals surface area contributed by atoms with Crippen molar-refractivity contribution in [3.8, 4) is 0 Å². The van der Waals surface area contributed by atoms with E-state index in [9.17, 15) is 31.4 Å². The van der Waals surface area contributed by atoms with Crippen LogP contribution in [0.25, 0.3) is 0 Å². The van der Waals surface area contributed by atoms with Crippen molar-refractivity contribution >= 4 is 28.9 Å². The van der Waals surface area contributed by atoms with Crippen LogP contribution in [0.2, 0.25) is 10.0 Å². The summed E-state index contributed by atoms with van der Waals surface area (Å²) in [6, 6.07) is 15.2. The highest BCUT2D eigenvalue weighted by molar-refractivity contribution is 6.42. The van der Waals surface area contributed by atoms with Gasteiger partial charge in [0.25, 0.3) is 0 Å². The Bertz CT molecular complexity index is 1350. The highest BCUT2D eigenvalue weighted by atomic mass is 35.5. The second-order valence-electron chi connectivity index (χ2n) is 9.78. The van der Waals surface area contributed by atoms with Gasteiger partial charge in [0, 0.05) is 19.0 Å². The van der Waals surface area contributed by atoms with Crippen molar-refractivity contribution in [3.63, 3.8) is 0 Å². The molecular formula is C30H30Cl2F6N2O3. The van der Waals surface area contributed by atoms with Crippen LogP contribution in [0.3, 0.4) is 0 Å². The molecule has 0 amide bonds. The first kappa shape index (κ1) is 34.7. The Morgan fingerprint density at radius 3 is 2.05 bits per heavy atom. The summed E-state index contributed by atoms with van der Waals surface area (Å²) in [7, 11) is 1.28. The average Bonchev–Trinajstić information content (AvgIpc) is 2.96. The Morgan fingerprint density at radius 1 is 0.884 bits per heavy atom. The first-order valence-electron chi connectivity index (χ1n) is 13.1. The Hall–Kier alpha value is -2.83. The molecule has 3 rings (SSSR count). The van der Waals surface area contributed by atoms with Gasteiger partial charge in [-0.15, -0.1) is 0 Å². The van der Waals surface area contributed by atoms with Crippen molar-refractivity contribution in [1.82, 2.24) is 5.32 Å². The fourth-order valence-corrected chi connectivity index (χ4v) is 4.75. The van der Waals surface area contributed by atoms with Gasteiger partial charge in [-0.05, 0) is 53.4 Å². The van der Waals surface area contributed by atoms with E-state index in [1.807, 2.05) is 37.3 Å². The predicted octanol–water partition coefficient (Wildman–Crippen LogP) is 8.22. The van der Waals surface area contributed by atoms with Crippen molar-refractivity contribution < 1.29 is 41.0 Å². The summed E-state index contributed by atoms with van der Waals surface area (Å²) < 4.78 is 85.3. The predicted molar refractivity (Wildman–Crippen MR) is 153 cm³/mol. The normalized spacial score (nSPS) is 14.8. The zero-order chi connectivity index (χ0) is 31.8. The number of benzene rings is 3. The molecule has 0 radical (unpaired) electrons. The summed E-state index contributed by atoms with van der Waals surface area (Å²) >= 11 is 12.4. The monoisotopic (exact) mass is 650 g/mol. The van der Waals surface area contributed by atoms with E-state index in [4.69, 9.17) is 32.8 Å². The third-order valence-corrected chi connectivity index (χ3v) is 7.52. The number of nitrogens with zero attached hydrogens (tertiary/aromatic N) is 1. The molecule has 0 aromatic heterocycles. The van der Waals surface area contributed by atoms with E-state index in [0.29, 0.717) is 34.7 Å². The quantitative estimate of drug-likeness (QED) is 0.111. The summed E-state index contributed by atoms with van der Waals surface area (Å²) in [5.74, 6) is -0.598. The van der Waals surface area contributed by atoms with Crippen molar-refractivity contribution in [3.05, 3.63) is 105 Å². The summed E-state index contributed by atoms with van der Waals surface area (Å²) in [6.45, 7) is 1.29. The molecular weight excluding hydrogens is 621 g/mol. The molecule has 234 valence electrons. The molecule has 0 spiro atoms. The van der Waals surface area contributed by atoms with Crippen molar-refractivity contribution in [1.29, 1.82) is 0 Å². The molecule has 2 N–H and O–H groups in total. The van der Waals surface area contributed by atoms with Gasteiger partial charge in [-0.3, -0.25) is 0 Å². The molecule has 0 saturated carbocycles. The maximum Gasteiger partial charge on any atom is 0.416 e. The number of ether oxygens (including phenoxy) is 1. The largest absolute Gasteiger partial charge is 0.416 e. The maximum atomic E-state index is 13.3. The van der Waals surface area contributed by atoms with Crippen molar-refractivity contribution in [2.24, 2.45) is 5.16 Å². The summed E-state index contributed by atoms with van der Waals surface area (Å²) in [6.07, 6.45) is -9.56. The third kappa shape index (κ3) is 9.58. The van der Waals surface area contributed by atoms with Crippen molar-refractivity contribution in [2.45, 2.75) is 43.8 Å². The molecule has 0 aliphatic heterocycles. The number of hydrogen-bond acceptors (Lipinski definition) is 5. The van der Waals surface area contributed by atoms with E-state index in [-0.39, 0.29) is 42.1 Å². The molecule has 0 aliphatic carbocycles. The standard InChI is InChI=1S/C30H30Cl2F6N2O3/c1-3-28(41,21-7-5-4-6-8-21)18-39-15-24(20-9-10-25(31)26(32)13-20)27(40-42-2)17-43-16-19-11-22(29(33,34)35)14-23(12-19)30(36,37)38/h4-14,24,39,41H,3,15-18H2,1-2H3/b40-27+. The number of alkyl halides is 6. The van der Waals surface area contributed by atoms with Gasteiger partial charge >= 0.3 is 12.4 Å². The molecule has 0 fully saturated rings. The summed E-state index contributed by atoms with van der Waals surface area (Å²) in [4.78, 5) is 5.00. The number of aliphatic hydroxyl groups is 1. The molecule has 0 bridgehead atoms. The second-order valence-corrected chi connectivity index (χ2v) is 10.6. The fourth-order valence-electron chi connectivity index (χ4n) is 4.44. The SMILES string of the molecule is CCC(O)(CNCC(/C(COCc1cc(C(F)(F)F)cc(C(F)(F)F)c1)=N/OC)c1ccc(Cl)c(Cl)c1)c1ccccc1. The van der Waals surface area contributed by atoms with Crippen LogP contribution in [0, 0.1) is 0 Å². The van der Waals surface area contributed by atoms with E-state index >= 15 is 0 Å². The summed E-state index contributed by atoms with van der Waals surface area (Å²) in [5, 5.41) is 19.1. The van der Waals surface area contributed by atoms with Gasteiger partial charge < -0.3 is 20.0 Å². The van der Waals surface area contributed by atoms with Crippen LogP contribution in [0.1, 0.15) is 47.1 Å². The Kier molecular flexibility index (Phi) is 11.9. The topological polar surface area (TPSA) is 63.1 Å². The molecule has 0 saturated heterocycles. The van der Waals surface area contributed by atoms with E-state index in [1.54, 1.807) is 18.2 Å². The van der Waals surface area contributed by atoms with Gasteiger partial charge in [-0.25, -0.2) is 0 Å². The lowest BCUT2D eigenvalue weighted by molar-refractivity contribution is -0.143. The second kappa shape index (κ2) is 14.8. The number of halogens is 8. The first-order valence-corrected chi connectivity index (χ1v) is 13.8. The minimum atomic E-state index is -4.98. The zero-order valence-electron chi connectivity index (χ0n) is 23.2. The number of rotatable bonds is 13. The highest BCUT2D eigenvalue weighted by Gasteiger charge is 2.37. The van der Waals surface area contributed by atoms with Gasteiger partial charge in [-0.1, -0.05) is 71.7 Å². The lowest BCUT2D eigenvalue weighted by atomic mass is 9.90. The van der Waals surface area contributed by atoms with Gasteiger partial charge in [0.2, 0.25) is 0 Å². The van der Waals surface area contributed by atoms with Gasteiger partial charge in [-0.2, -0.15) is 26.3 Å². The van der Waals surface area contributed by atoms with Gasteiger partial charge in [0.05, 0.1) is 40.1 Å². The van der Waals surface area contributed by atoms with Crippen LogP contribution < -0.4 is 5.32 Å². The lowest BCUT2D eigenvalue weighted by Crippen LogP contribution is -2.40. The molecule has 0 aliphatic rings. The Morgan fingerprint density at radius 2 is 1.51 bits per heavy atom. The molecule has 3 aromatic carbocycles. The molecule has 3 aromatic rings. The highest BCUT2D eigenvalue weighted by Crippen LogP contribution is 2.36. The lowest BCUT2D eigenvalue weighted by Gasteiger charge is -2.29. The smallest absolute Gasteiger partial charge is 0.399 e. The van der Waals surface area contributed by atoms with Crippen LogP contribution in [0.15, 0.2) is 71.9 Å². The van der Waals surface area contributed by atoms with Crippen molar-refractivity contribution in [2.75, 3.05) is 26.8 Å². The number of hydrogen-bond donors (Lipinski definition) is 2. The molecule has 2 atom stereocenters. The number of nitrogens with one attached hydrogen (secondary N) is 1. The zero-order valence-corrected chi connectivity index (χ0v) is 24.7. The van der Waals surface area contributed by atoms with Gasteiger partial charge in [0.15, 0.2) is 0 Å². The molecule has 5 nitrogen and oxygen atoms in total. The van der Waals surface area contributed by atoms with Crippen LogP contribution in [-0.4, -0.2) is 37.6 Å². The minimum Gasteiger partial charge on any atom is -0.399 e. The first-order chi connectivity index (χ1) is 20.2. The Balaban J connectivity index is 1.85. The van der Waals surface area contributed by atoms with Crippen LogP contribution in [0.5, 0.6) is 0 Å². The average molecular weight is 651 g/mol. The summed E-state index contributed by atoms with van der Waals surface area (Å²) in [5.41, 5.74) is -2.80. The van der Waals surface area contributed by atoms with E-state index in [2.05, 4.69) is 10.5 Å². The molecule has 0 heterocycles. The third-order valence-electron chi connectivity index (χ3n) is 6.78. The van der Waals surface area contributed by atoms with E-state index < -0.39 is 41.6 Å². The van der Waals surface area contributed by atoms with Crippen LogP contribution in [-0.2, 0) is 34.1 Å². The Labute approximate surface area is 255 Å².